The van der Waals surface area contributed by atoms with Crippen LogP contribution in [0.3, 0.4) is 0 Å². The Morgan fingerprint density at radius 3 is 2.83 bits per heavy atom. The third-order valence-corrected chi connectivity index (χ3v) is 2.64. The number of hydrogen-bond acceptors (Lipinski definition) is 3. The minimum absolute atomic E-state index is 0.0771. The van der Waals surface area contributed by atoms with Crippen LogP contribution >= 0.6 is 0 Å². The Kier molecular flexibility index (Phi) is 2.40. The molecule has 0 atom stereocenters. The van der Waals surface area contributed by atoms with Gasteiger partial charge in [-0.1, -0.05) is 0 Å². The van der Waals surface area contributed by atoms with Crippen molar-refractivity contribution in [2.45, 2.75) is 13.5 Å². The van der Waals surface area contributed by atoms with Crippen LogP contribution in [-0.4, -0.2) is 11.6 Å². The fraction of sp³-hybridized carbons (Fsp3) is 0.154. The highest BCUT2D eigenvalue weighted by Crippen LogP contribution is 2.30. The van der Waals surface area contributed by atoms with Gasteiger partial charge in [0, 0.05) is 17.6 Å². The molecule has 0 fully saturated rings. The van der Waals surface area contributed by atoms with Crippen LogP contribution in [0.15, 0.2) is 34.9 Å². The zero-order valence-electron chi connectivity index (χ0n) is 9.48. The predicted molar refractivity (Wildman–Crippen MR) is 62.9 cm³/mol. The summed E-state index contributed by atoms with van der Waals surface area (Å²) in [5.74, 6) is 0.0771. The standard InChI is InChI=1S/C13H9F2NO2/c1-7-4-11-12(16-6-7)9-3-2-8(17-13(14)15)5-10(9)18-11/h2-6,13H,1H3. The Bertz CT molecular complexity index is 721. The van der Waals surface area contributed by atoms with Crippen LogP contribution < -0.4 is 4.74 Å². The van der Waals surface area contributed by atoms with E-state index in [9.17, 15) is 8.78 Å². The molecule has 0 aliphatic carbocycles. The molecule has 0 aliphatic rings. The van der Waals surface area contributed by atoms with E-state index in [1.165, 1.54) is 12.1 Å². The number of aromatic nitrogens is 1. The largest absolute Gasteiger partial charge is 0.454 e. The first-order chi connectivity index (χ1) is 8.63. The lowest BCUT2D eigenvalue weighted by molar-refractivity contribution is -0.0497. The van der Waals surface area contributed by atoms with Crippen molar-refractivity contribution in [2.24, 2.45) is 0 Å². The van der Waals surface area contributed by atoms with Gasteiger partial charge in [-0.15, -0.1) is 0 Å². The van der Waals surface area contributed by atoms with Crippen molar-refractivity contribution < 1.29 is 17.9 Å². The molecule has 2 heterocycles. The van der Waals surface area contributed by atoms with Gasteiger partial charge >= 0.3 is 6.61 Å². The summed E-state index contributed by atoms with van der Waals surface area (Å²) in [6, 6.07) is 6.45. The van der Waals surface area contributed by atoms with Gasteiger partial charge in [0.2, 0.25) is 0 Å². The molecule has 18 heavy (non-hydrogen) atoms. The van der Waals surface area contributed by atoms with Crippen molar-refractivity contribution in [3.05, 3.63) is 36.0 Å². The number of rotatable bonds is 2. The Morgan fingerprint density at radius 1 is 1.22 bits per heavy atom. The van der Waals surface area contributed by atoms with Gasteiger partial charge in [-0.05, 0) is 30.7 Å². The molecule has 0 unspecified atom stereocenters. The maximum Gasteiger partial charge on any atom is 0.387 e. The highest BCUT2D eigenvalue weighted by Gasteiger charge is 2.11. The van der Waals surface area contributed by atoms with Crippen LogP contribution in [0, 0.1) is 6.92 Å². The number of benzene rings is 1. The molecule has 1 aromatic carbocycles. The number of fused-ring (bicyclic) bond motifs is 3. The molecule has 0 saturated heterocycles. The fourth-order valence-electron chi connectivity index (χ4n) is 1.90. The third-order valence-electron chi connectivity index (χ3n) is 2.64. The van der Waals surface area contributed by atoms with E-state index >= 15 is 0 Å². The quantitative estimate of drug-likeness (QED) is 0.691. The fourth-order valence-corrected chi connectivity index (χ4v) is 1.90. The van der Waals surface area contributed by atoms with E-state index in [1.807, 2.05) is 13.0 Å². The van der Waals surface area contributed by atoms with E-state index in [0.717, 1.165) is 16.5 Å². The monoisotopic (exact) mass is 249 g/mol. The number of pyridine rings is 1. The number of halogens is 2. The Morgan fingerprint density at radius 2 is 2.06 bits per heavy atom. The van der Waals surface area contributed by atoms with Crippen LogP contribution in [0.4, 0.5) is 8.78 Å². The number of nitrogens with zero attached hydrogens (tertiary/aromatic N) is 1. The minimum Gasteiger partial charge on any atom is -0.454 e. The topological polar surface area (TPSA) is 35.3 Å². The van der Waals surface area contributed by atoms with Crippen molar-refractivity contribution in [3.8, 4) is 5.75 Å². The van der Waals surface area contributed by atoms with Gasteiger partial charge in [-0.2, -0.15) is 8.78 Å². The second-order valence-electron chi connectivity index (χ2n) is 4.00. The van der Waals surface area contributed by atoms with E-state index < -0.39 is 6.61 Å². The summed E-state index contributed by atoms with van der Waals surface area (Å²) < 4.78 is 34.1. The zero-order valence-corrected chi connectivity index (χ0v) is 9.48. The third kappa shape index (κ3) is 1.77. The van der Waals surface area contributed by atoms with Crippen molar-refractivity contribution in [1.82, 2.24) is 4.98 Å². The van der Waals surface area contributed by atoms with E-state index in [0.29, 0.717) is 11.2 Å². The predicted octanol–water partition coefficient (Wildman–Crippen LogP) is 3.89. The number of ether oxygens (including phenoxy) is 1. The Balaban J connectivity index is 2.20. The molecule has 0 saturated carbocycles. The molecule has 0 bridgehead atoms. The van der Waals surface area contributed by atoms with Gasteiger partial charge in [-0.3, -0.25) is 4.98 Å². The highest BCUT2D eigenvalue weighted by atomic mass is 19.3. The van der Waals surface area contributed by atoms with Crippen LogP contribution in [0.25, 0.3) is 22.1 Å². The van der Waals surface area contributed by atoms with Crippen LogP contribution in [-0.2, 0) is 0 Å². The molecule has 0 spiro atoms. The normalized spacial score (nSPS) is 11.6. The molecule has 2 aromatic heterocycles. The van der Waals surface area contributed by atoms with Crippen molar-refractivity contribution in [1.29, 1.82) is 0 Å². The van der Waals surface area contributed by atoms with Gasteiger partial charge < -0.3 is 9.15 Å². The second-order valence-corrected chi connectivity index (χ2v) is 4.00. The van der Waals surface area contributed by atoms with Gasteiger partial charge in [0.1, 0.15) is 16.8 Å². The lowest BCUT2D eigenvalue weighted by atomic mass is 10.2. The molecule has 3 rings (SSSR count). The van der Waals surface area contributed by atoms with E-state index in [1.54, 1.807) is 12.3 Å². The Hall–Kier alpha value is -2.17. The lowest BCUT2D eigenvalue weighted by Crippen LogP contribution is -2.01. The molecule has 0 N–H and O–H groups in total. The number of aryl methyl sites for hydroxylation is 1. The summed E-state index contributed by atoms with van der Waals surface area (Å²) in [4.78, 5) is 4.28. The van der Waals surface area contributed by atoms with Crippen molar-refractivity contribution in [2.75, 3.05) is 0 Å². The number of alkyl halides is 2. The zero-order chi connectivity index (χ0) is 12.7. The molecular weight excluding hydrogens is 240 g/mol. The highest BCUT2D eigenvalue weighted by molar-refractivity contribution is 6.02. The van der Waals surface area contributed by atoms with Crippen molar-refractivity contribution >= 4 is 22.1 Å². The van der Waals surface area contributed by atoms with E-state index in [-0.39, 0.29) is 5.75 Å². The lowest BCUT2D eigenvalue weighted by Gasteiger charge is -2.02. The summed E-state index contributed by atoms with van der Waals surface area (Å²) in [6.45, 7) is -0.933. The number of furan rings is 1. The first kappa shape index (κ1) is 11.0. The van der Waals surface area contributed by atoms with Gasteiger partial charge in [-0.25, -0.2) is 0 Å². The smallest absolute Gasteiger partial charge is 0.387 e. The Labute approximate surface area is 101 Å². The first-order valence-electron chi connectivity index (χ1n) is 5.37. The molecule has 0 amide bonds. The van der Waals surface area contributed by atoms with Crippen LogP contribution in [0.2, 0.25) is 0 Å². The maximum atomic E-state index is 12.1. The number of hydrogen-bond donors (Lipinski definition) is 0. The first-order valence-corrected chi connectivity index (χ1v) is 5.37. The molecule has 92 valence electrons. The van der Waals surface area contributed by atoms with Gasteiger partial charge in [0.15, 0.2) is 5.58 Å². The van der Waals surface area contributed by atoms with Crippen LogP contribution in [0.5, 0.6) is 5.75 Å². The summed E-state index contributed by atoms with van der Waals surface area (Å²) in [6.07, 6.45) is 1.74. The molecule has 5 heteroatoms. The molecular formula is C13H9F2NO2. The van der Waals surface area contributed by atoms with Crippen molar-refractivity contribution in [3.63, 3.8) is 0 Å². The molecule has 3 nitrogen and oxygen atoms in total. The minimum atomic E-state index is -2.84. The summed E-state index contributed by atoms with van der Waals surface area (Å²) in [5, 5.41) is 0.784. The van der Waals surface area contributed by atoms with E-state index in [2.05, 4.69) is 9.72 Å². The van der Waals surface area contributed by atoms with Gasteiger partial charge in [0.05, 0.1) is 0 Å². The van der Waals surface area contributed by atoms with Crippen LogP contribution in [0.1, 0.15) is 5.56 Å². The van der Waals surface area contributed by atoms with Gasteiger partial charge in [0.25, 0.3) is 0 Å². The summed E-state index contributed by atoms with van der Waals surface area (Å²) in [7, 11) is 0. The SMILES string of the molecule is Cc1cnc2c(c1)oc1cc(OC(F)F)ccc12. The molecule has 0 radical (unpaired) electrons. The average Bonchev–Trinajstić information content (AvgIpc) is 2.64. The molecule has 0 aliphatic heterocycles. The molecule has 3 aromatic rings. The summed E-state index contributed by atoms with van der Waals surface area (Å²) >= 11 is 0. The second kappa shape index (κ2) is 3.94. The average molecular weight is 249 g/mol. The maximum absolute atomic E-state index is 12.1. The summed E-state index contributed by atoms with van der Waals surface area (Å²) in [5.41, 5.74) is 2.82. The van der Waals surface area contributed by atoms with E-state index in [4.69, 9.17) is 4.42 Å².